The topological polar surface area (TPSA) is 97.4 Å². The van der Waals surface area contributed by atoms with E-state index in [1.807, 2.05) is 0 Å². The average molecular weight is 320 g/mol. The van der Waals surface area contributed by atoms with Gasteiger partial charge in [-0.25, -0.2) is 0 Å². The number of ether oxygens (including phenoxy) is 5. The van der Waals surface area contributed by atoms with Crippen LogP contribution in [0.2, 0.25) is 0 Å². The molecular formula is C14H24O8. The van der Waals surface area contributed by atoms with Crippen LogP contribution in [0.1, 0.15) is 27.7 Å². The molecule has 0 bridgehead atoms. The van der Waals surface area contributed by atoms with Gasteiger partial charge < -0.3 is 23.7 Å². The van der Waals surface area contributed by atoms with Crippen molar-refractivity contribution in [3.63, 3.8) is 0 Å². The molecule has 0 unspecified atom stereocenters. The molecule has 0 amide bonds. The minimum absolute atomic E-state index is 0.129. The lowest BCUT2D eigenvalue weighted by molar-refractivity contribution is -0.188. The van der Waals surface area contributed by atoms with Gasteiger partial charge in [-0.15, -0.1) is 0 Å². The summed E-state index contributed by atoms with van der Waals surface area (Å²) in [5.41, 5.74) is 0. The Morgan fingerprint density at radius 3 is 1.73 bits per heavy atom. The molecule has 0 aromatic heterocycles. The quantitative estimate of drug-likeness (QED) is 0.446. The molecule has 0 radical (unpaired) electrons. The van der Waals surface area contributed by atoms with Gasteiger partial charge in [-0.05, 0) is 6.92 Å². The third-order valence-electron chi connectivity index (χ3n) is 2.83. The Balaban J connectivity index is 5.20. The summed E-state index contributed by atoms with van der Waals surface area (Å²) < 4.78 is 25.7. The third kappa shape index (κ3) is 7.37. The lowest BCUT2D eigenvalue weighted by Gasteiger charge is -2.33. The Morgan fingerprint density at radius 1 is 0.818 bits per heavy atom. The highest BCUT2D eigenvalue weighted by Crippen LogP contribution is 2.18. The monoisotopic (exact) mass is 320 g/mol. The Kier molecular flexibility index (Phi) is 9.35. The molecule has 0 saturated heterocycles. The van der Waals surface area contributed by atoms with E-state index in [2.05, 4.69) is 0 Å². The molecule has 0 saturated carbocycles. The van der Waals surface area contributed by atoms with Crippen molar-refractivity contribution >= 4 is 17.9 Å². The Bertz CT molecular complexity index is 381. The van der Waals surface area contributed by atoms with Crippen LogP contribution in [0.4, 0.5) is 0 Å². The molecule has 0 aliphatic rings. The maximum absolute atomic E-state index is 11.3. The predicted octanol–water partition coefficient (Wildman–Crippen LogP) is 0.463. The second-order valence-corrected chi connectivity index (χ2v) is 4.67. The molecule has 0 aliphatic heterocycles. The van der Waals surface area contributed by atoms with Gasteiger partial charge in [0.05, 0.1) is 0 Å². The zero-order valence-electron chi connectivity index (χ0n) is 13.8. The highest BCUT2D eigenvalue weighted by atomic mass is 16.6. The van der Waals surface area contributed by atoms with Crippen LogP contribution in [-0.4, -0.2) is 63.2 Å². The molecule has 0 aromatic rings. The fourth-order valence-electron chi connectivity index (χ4n) is 1.96. The maximum Gasteiger partial charge on any atom is 0.303 e. The molecule has 0 rings (SSSR count). The smallest absolute Gasteiger partial charge is 0.303 e. The fourth-order valence-corrected chi connectivity index (χ4v) is 1.96. The maximum atomic E-state index is 11.3. The van der Waals surface area contributed by atoms with E-state index < -0.39 is 42.3 Å². The number of hydrogen-bond acceptors (Lipinski definition) is 8. The van der Waals surface area contributed by atoms with Gasteiger partial charge in [-0.1, -0.05) is 0 Å². The molecular weight excluding hydrogens is 296 g/mol. The van der Waals surface area contributed by atoms with E-state index in [1.54, 1.807) is 6.92 Å². The van der Waals surface area contributed by atoms with E-state index >= 15 is 0 Å². The molecule has 8 nitrogen and oxygen atoms in total. The number of rotatable bonds is 9. The van der Waals surface area contributed by atoms with Crippen molar-refractivity contribution < 1.29 is 38.1 Å². The number of hydrogen-bond donors (Lipinski definition) is 0. The first-order valence-electron chi connectivity index (χ1n) is 6.76. The van der Waals surface area contributed by atoms with Gasteiger partial charge >= 0.3 is 17.9 Å². The number of carbonyl (C=O) groups excluding carboxylic acids is 3. The largest absolute Gasteiger partial charge is 0.463 e. The number of methoxy groups -OCH3 is 2. The third-order valence-corrected chi connectivity index (χ3v) is 2.83. The van der Waals surface area contributed by atoms with Crippen LogP contribution in [-0.2, 0) is 38.1 Å². The first-order chi connectivity index (χ1) is 10.2. The van der Waals surface area contributed by atoms with E-state index in [-0.39, 0.29) is 6.61 Å². The van der Waals surface area contributed by atoms with Crippen LogP contribution >= 0.6 is 0 Å². The van der Waals surface area contributed by atoms with E-state index in [0.29, 0.717) is 0 Å². The van der Waals surface area contributed by atoms with Crippen molar-refractivity contribution in [1.82, 2.24) is 0 Å². The first kappa shape index (κ1) is 20.3. The average Bonchev–Trinajstić information content (AvgIpc) is 2.38. The van der Waals surface area contributed by atoms with Crippen LogP contribution in [0, 0.1) is 0 Å². The van der Waals surface area contributed by atoms with Crippen LogP contribution in [0.5, 0.6) is 0 Å². The summed E-state index contributed by atoms with van der Waals surface area (Å²) in [5.74, 6) is -1.55. The molecule has 8 heteroatoms. The van der Waals surface area contributed by atoms with Crippen LogP contribution in [0.3, 0.4) is 0 Å². The van der Waals surface area contributed by atoms with Gasteiger partial charge in [-0.3, -0.25) is 14.4 Å². The summed E-state index contributed by atoms with van der Waals surface area (Å²) in [6, 6.07) is 0. The molecule has 0 aliphatic carbocycles. The lowest BCUT2D eigenvalue weighted by atomic mass is 10.0. The molecule has 0 spiro atoms. The van der Waals surface area contributed by atoms with Crippen molar-refractivity contribution in [1.29, 1.82) is 0 Å². The van der Waals surface area contributed by atoms with Crippen molar-refractivity contribution in [2.75, 3.05) is 20.8 Å². The van der Waals surface area contributed by atoms with E-state index in [1.165, 1.54) is 35.0 Å². The summed E-state index contributed by atoms with van der Waals surface area (Å²) in [4.78, 5) is 33.4. The van der Waals surface area contributed by atoms with Crippen molar-refractivity contribution in [3.05, 3.63) is 0 Å². The number of carbonyl (C=O) groups is 3. The summed E-state index contributed by atoms with van der Waals surface area (Å²) in [5, 5.41) is 0. The van der Waals surface area contributed by atoms with Gasteiger partial charge in [0.25, 0.3) is 0 Å². The second kappa shape index (κ2) is 10.1. The second-order valence-electron chi connectivity index (χ2n) is 4.67. The standard InChI is InChI=1S/C14H24O8/c1-8(21-10(3)16)13(19-6)14(22-11(4)17)12(18-5)7-20-9(2)15/h8,12-14H,7H2,1-6H3/t8-,12-,13-,14-/m1/s1. The Labute approximate surface area is 130 Å². The van der Waals surface area contributed by atoms with Gasteiger partial charge in [0.2, 0.25) is 0 Å². The molecule has 0 aromatic carbocycles. The van der Waals surface area contributed by atoms with Crippen LogP contribution in [0.15, 0.2) is 0 Å². The fraction of sp³-hybridized carbons (Fsp3) is 0.786. The zero-order chi connectivity index (χ0) is 17.3. The van der Waals surface area contributed by atoms with E-state index in [9.17, 15) is 14.4 Å². The number of esters is 3. The van der Waals surface area contributed by atoms with Crippen molar-refractivity contribution in [3.8, 4) is 0 Å². The van der Waals surface area contributed by atoms with Crippen molar-refractivity contribution in [2.24, 2.45) is 0 Å². The minimum Gasteiger partial charge on any atom is -0.463 e. The van der Waals surface area contributed by atoms with E-state index in [4.69, 9.17) is 23.7 Å². The van der Waals surface area contributed by atoms with Gasteiger partial charge in [-0.2, -0.15) is 0 Å². The van der Waals surface area contributed by atoms with E-state index in [0.717, 1.165) is 0 Å². The minimum atomic E-state index is -0.916. The van der Waals surface area contributed by atoms with Crippen LogP contribution in [0.25, 0.3) is 0 Å². The summed E-state index contributed by atoms with van der Waals surface area (Å²) >= 11 is 0. The normalized spacial score (nSPS) is 16.1. The van der Waals surface area contributed by atoms with Gasteiger partial charge in [0, 0.05) is 35.0 Å². The highest BCUT2D eigenvalue weighted by molar-refractivity contribution is 5.67. The molecule has 4 atom stereocenters. The summed E-state index contributed by atoms with van der Waals surface area (Å²) in [6.07, 6.45) is -3.16. The first-order valence-corrected chi connectivity index (χ1v) is 6.76. The molecule has 0 fully saturated rings. The Morgan fingerprint density at radius 2 is 1.36 bits per heavy atom. The van der Waals surface area contributed by atoms with Gasteiger partial charge in [0.1, 0.15) is 24.9 Å². The molecule has 128 valence electrons. The highest BCUT2D eigenvalue weighted by Gasteiger charge is 2.38. The summed E-state index contributed by atoms with van der Waals surface area (Å²) in [6.45, 7) is 5.22. The Hall–Kier alpha value is -1.67. The predicted molar refractivity (Wildman–Crippen MR) is 75.0 cm³/mol. The van der Waals surface area contributed by atoms with Crippen molar-refractivity contribution in [2.45, 2.75) is 52.1 Å². The molecule has 0 heterocycles. The zero-order valence-corrected chi connectivity index (χ0v) is 13.8. The molecule has 0 N–H and O–H groups in total. The lowest BCUT2D eigenvalue weighted by Crippen LogP contribution is -2.50. The molecule has 22 heavy (non-hydrogen) atoms. The van der Waals surface area contributed by atoms with Gasteiger partial charge in [0.15, 0.2) is 6.10 Å². The van der Waals surface area contributed by atoms with Crippen LogP contribution < -0.4 is 0 Å². The SMILES string of the molecule is CO[C@@H]([C@H](OC(C)=O)[C@@H](COC(C)=O)OC)[C@@H](C)OC(C)=O. The summed E-state index contributed by atoms with van der Waals surface area (Å²) in [7, 11) is 2.77.